The van der Waals surface area contributed by atoms with E-state index in [-0.39, 0.29) is 0 Å². The number of halogens is 3. The molecule has 1 heterocycles. The van der Waals surface area contributed by atoms with Crippen LogP contribution in [0.5, 0.6) is 0 Å². The van der Waals surface area contributed by atoms with Crippen LogP contribution in [-0.2, 0) is 4.74 Å². The Hall–Kier alpha value is -1.79. The van der Waals surface area contributed by atoms with Crippen molar-refractivity contribution in [2.45, 2.75) is 6.43 Å². The van der Waals surface area contributed by atoms with Gasteiger partial charge in [0.05, 0.1) is 7.11 Å². The summed E-state index contributed by atoms with van der Waals surface area (Å²) in [5.41, 5.74) is -3.07. The van der Waals surface area contributed by atoms with Gasteiger partial charge < -0.3 is 9.72 Å². The third kappa shape index (κ3) is 2.17. The average molecular weight is 221 g/mol. The first-order valence-electron chi connectivity index (χ1n) is 3.76. The summed E-state index contributed by atoms with van der Waals surface area (Å²) in [5.74, 6) is -2.60. The first-order valence-corrected chi connectivity index (χ1v) is 3.76. The van der Waals surface area contributed by atoms with Crippen molar-refractivity contribution in [3.63, 3.8) is 0 Å². The number of rotatable bonds is 2. The molecule has 0 unspecified atom stereocenters. The third-order valence-electron chi connectivity index (χ3n) is 1.63. The molecule has 0 saturated heterocycles. The van der Waals surface area contributed by atoms with Crippen LogP contribution in [0.4, 0.5) is 13.2 Å². The zero-order chi connectivity index (χ0) is 11.6. The average Bonchev–Trinajstić information content (AvgIpc) is 2.15. The highest BCUT2D eigenvalue weighted by Gasteiger charge is 2.24. The van der Waals surface area contributed by atoms with E-state index in [0.29, 0.717) is 6.07 Å². The smallest absolute Gasteiger partial charge is 0.342 e. The van der Waals surface area contributed by atoms with E-state index >= 15 is 0 Å². The Kier molecular flexibility index (Phi) is 3.13. The minimum atomic E-state index is -3.16. The molecule has 1 aromatic rings. The Balaban J connectivity index is 3.47. The summed E-state index contributed by atoms with van der Waals surface area (Å²) in [7, 11) is 0.919. The highest BCUT2D eigenvalue weighted by Crippen LogP contribution is 2.21. The van der Waals surface area contributed by atoms with Crippen molar-refractivity contribution in [1.82, 2.24) is 4.98 Å². The topological polar surface area (TPSA) is 59.2 Å². The molecule has 0 amide bonds. The lowest BCUT2D eigenvalue weighted by Gasteiger charge is -2.06. The number of H-pyrrole nitrogens is 1. The summed E-state index contributed by atoms with van der Waals surface area (Å²) in [6.45, 7) is 0. The first kappa shape index (κ1) is 11.3. The fourth-order valence-electron chi connectivity index (χ4n) is 1.02. The van der Waals surface area contributed by atoms with Crippen molar-refractivity contribution in [3.05, 3.63) is 33.5 Å². The lowest BCUT2D eigenvalue weighted by molar-refractivity contribution is 0.0580. The van der Waals surface area contributed by atoms with Crippen LogP contribution < -0.4 is 5.56 Å². The maximum absolute atomic E-state index is 13.1. The number of aromatic amines is 1. The number of hydrogen-bond donors (Lipinski definition) is 1. The molecule has 82 valence electrons. The summed E-state index contributed by atoms with van der Waals surface area (Å²) in [5, 5.41) is 0. The molecule has 15 heavy (non-hydrogen) atoms. The Bertz CT molecular complexity index is 441. The van der Waals surface area contributed by atoms with Crippen molar-refractivity contribution in [1.29, 1.82) is 0 Å². The zero-order valence-electron chi connectivity index (χ0n) is 7.51. The highest BCUT2D eigenvalue weighted by atomic mass is 19.3. The van der Waals surface area contributed by atoms with E-state index in [1.54, 1.807) is 4.98 Å². The molecule has 1 aromatic heterocycles. The summed E-state index contributed by atoms with van der Waals surface area (Å²) in [6.07, 6.45) is -3.16. The van der Waals surface area contributed by atoms with E-state index in [0.717, 1.165) is 7.11 Å². The summed E-state index contributed by atoms with van der Waals surface area (Å²) in [4.78, 5) is 23.3. The minimum Gasteiger partial charge on any atom is -0.465 e. The molecule has 7 heteroatoms. The predicted molar refractivity (Wildman–Crippen MR) is 43.3 cm³/mol. The second-order valence-corrected chi connectivity index (χ2v) is 2.56. The van der Waals surface area contributed by atoms with Gasteiger partial charge in [0.15, 0.2) is 0 Å². The van der Waals surface area contributed by atoms with Crippen molar-refractivity contribution < 1.29 is 22.7 Å². The van der Waals surface area contributed by atoms with Gasteiger partial charge in [-0.1, -0.05) is 0 Å². The number of hydrogen-bond acceptors (Lipinski definition) is 3. The molecule has 0 aromatic carbocycles. The molecule has 1 N–H and O–H groups in total. The van der Waals surface area contributed by atoms with Crippen molar-refractivity contribution in [2.75, 3.05) is 7.11 Å². The van der Waals surface area contributed by atoms with Crippen molar-refractivity contribution >= 4 is 5.97 Å². The quantitative estimate of drug-likeness (QED) is 0.764. The molecule has 0 saturated carbocycles. The molecule has 0 aliphatic rings. The van der Waals surface area contributed by atoms with Crippen LogP contribution in [-0.4, -0.2) is 18.1 Å². The molecule has 0 atom stereocenters. The molecular weight excluding hydrogens is 215 g/mol. The van der Waals surface area contributed by atoms with Gasteiger partial charge in [-0.05, 0) is 0 Å². The minimum absolute atomic E-state index is 0.401. The maximum atomic E-state index is 13.1. The summed E-state index contributed by atoms with van der Waals surface area (Å²) >= 11 is 0. The van der Waals surface area contributed by atoms with E-state index < -0.39 is 35.0 Å². The molecule has 0 bridgehead atoms. The highest BCUT2D eigenvalue weighted by molar-refractivity contribution is 5.90. The largest absolute Gasteiger partial charge is 0.465 e. The first-order chi connectivity index (χ1) is 6.97. The molecular formula is C8H6F3NO3. The van der Waals surface area contributed by atoms with E-state index in [1.807, 2.05) is 0 Å². The van der Waals surface area contributed by atoms with Crippen molar-refractivity contribution in [2.24, 2.45) is 0 Å². The van der Waals surface area contributed by atoms with Crippen molar-refractivity contribution in [3.8, 4) is 0 Å². The second kappa shape index (κ2) is 4.16. The summed E-state index contributed by atoms with van der Waals surface area (Å²) in [6, 6.07) is 0.401. The van der Waals surface area contributed by atoms with Gasteiger partial charge in [-0.3, -0.25) is 4.79 Å². The zero-order valence-corrected chi connectivity index (χ0v) is 7.51. The third-order valence-corrected chi connectivity index (χ3v) is 1.63. The van der Waals surface area contributed by atoms with E-state index in [4.69, 9.17) is 0 Å². The number of aromatic nitrogens is 1. The van der Waals surface area contributed by atoms with Crippen LogP contribution in [0.25, 0.3) is 0 Å². The molecule has 0 fully saturated rings. The Labute approximate surface area is 81.7 Å². The number of nitrogens with one attached hydrogen (secondary N) is 1. The van der Waals surface area contributed by atoms with E-state index in [1.165, 1.54) is 0 Å². The maximum Gasteiger partial charge on any atom is 0.342 e. The van der Waals surface area contributed by atoms with Crippen LogP contribution in [0, 0.1) is 5.82 Å². The normalized spacial score (nSPS) is 10.5. The molecule has 0 spiro atoms. The van der Waals surface area contributed by atoms with Gasteiger partial charge in [-0.15, -0.1) is 0 Å². The van der Waals surface area contributed by atoms with Crippen LogP contribution in [0.1, 0.15) is 22.5 Å². The van der Waals surface area contributed by atoms with E-state index in [2.05, 4.69) is 4.74 Å². The van der Waals surface area contributed by atoms with Crippen LogP contribution >= 0.6 is 0 Å². The van der Waals surface area contributed by atoms with Crippen LogP contribution in [0.15, 0.2) is 10.9 Å². The second-order valence-electron chi connectivity index (χ2n) is 2.56. The Morgan fingerprint density at radius 2 is 2.13 bits per heavy atom. The number of pyridine rings is 1. The van der Waals surface area contributed by atoms with Crippen LogP contribution in [0.3, 0.4) is 0 Å². The number of alkyl halides is 2. The molecule has 0 aliphatic heterocycles. The molecule has 0 aliphatic carbocycles. The van der Waals surface area contributed by atoms with Gasteiger partial charge >= 0.3 is 5.97 Å². The number of methoxy groups -OCH3 is 1. The monoisotopic (exact) mass is 221 g/mol. The number of carbonyl (C=O) groups excluding carboxylic acids is 1. The van der Waals surface area contributed by atoms with Gasteiger partial charge in [0.1, 0.15) is 17.1 Å². The fourth-order valence-corrected chi connectivity index (χ4v) is 1.02. The lowest BCUT2D eigenvalue weighted by atomic mass is 10.2. The van der Waals surface area contributed by atoms with Gasteiger partial charge in [0.2, 0.25) is 0 Å². The SMILES string of the molecule is COC(=O)c1c(F)cc(=O)[nH]c1C(F)F. The summed E-state index contributed by atoms with van der Waals surface area (Å²) < 4.78 is 41.8. The standard InChI is InChI=1S/C8H6F3NO3/c1-15-8(14)5-3(9)2-4(13)12-6(5)7(10)11/h2,7H,1H3,(H,12,13). The van der Waals surface area contributed by atoms with Gasteiger partial charge in [-0.25, -0.2) is 18.0 Å². The number of esters is 1. The number of carbonyl (C=O) groups is 1. The Morgan fingerprint density at radius 3 is 2.60 bits per heavy atom. The molecule has 1 rings (SSSR count). The van der Waals surface area contributed by atoms with E-state index in [9.17, 15) is 22.8 Å². The van der Waals surface area contributed by atoms with Gasteiger partial charge in [-0.2, -0.15) is 0 Å². The molecule has 0 radical (unpaired) electrons. The Morgan fingerprint density at radius 1 is 1.53 bits per heavy atom. The predicted octanol–water partition coefficient (Wildman–Crippen LogP) is 1.24. The lowest BCUT2D eigenvalue weighted by Crippen LogP contribution is -2.18. The van der Waals surface area contributed by atoms with Gasteiger partial charge in [0, 0.05) is 6.07 Å². The number of ether oxygens (including phenoxy) is 1. The van der Waals surface area contributed by atoms with Gasteiger partial charge in [0.25, 0.3) is 12.0 Å². The molecule has 4 nitrogen and oxygen atoms in total. The fraction of sp³-hybridized carbons (Fsp3) is 0.250. The van der Waals surface area contributed by atoms with Crippen LogP contribution in [0.2, 0.25) is 0 Å².